The molecule has 1 saturated heterocycles. The molecule has 9 nitrogen and oxygen atoms in total. The third kappa shape index (κ3) is 3.98. The molecule has 1 atom stereocenters. The van der Waals surface area contributed by atoms with E-state index in [-0.39, 0.29) is 11.6 Å². The number of benzene rings is 1. The summed E-state index contributed by atoms with van der Waals surface area (Å²) in [5, 5.41) is 16.1. The van der Waals surface area contributed by atoms with Gasteiger partial charge in [-0.2, -0.15) is 4.31 Å². The van der Waals surface area contributed by atoms with Gasteiger partial charge in [-0.25, -0.2) is 22.0 Å². The van der Waals surface area contributed by atoms with Crippen molar-refractivity contribution < 1.29 is 21.8 Å². The molecule has 1 heterocycles. The number of rotatable bonds is 5. The van der Waals surface area contributed by atoms with Gasteiger partial charge in [-0.3, -0.25) is 10.1 Å². The van der Waals surface area contributed by atoms with Gasteiger partial charge in [0.15, 0.2) is 4.90 Å². The van der Waals surface area contributed by atoms with Crippen LogP contribution in [0.3, 0.4) is 0 Å². The smallest absolute Gasteiger partial charge is 0.258 e. The van der Waals surface area contributed by atoms with Crippen molar-refractivity contribution in [2.75, 3.05) is 12.3 Å². The van der Waals surface area contributed by atoms with Crippen LogP contribution in [0.15, 0.2) is 23.1 Å². The lowest BCUT2D eigenvalue weighted by molar-refractivity contribution is -0.387. The quantitative estimate of drug-likeness (QED) is 0.585. The molecule has 2 rings (SSSR count). The van der Waals surface area contributed by atoms with Crippen molar-refractivity contribution in [1.29, 1.82) is 0 Å². The molecular formula is C11H14ClN3O6S2. The minimum absolute atomic E-state index is 0.0244. The van der Waals surface area contributed by atoms with Gasteiger partial charge in [0, 0.05) is 23.7 Å². The van der Waals surface area contributed by atoms with E-state index >= 15 is 0 Å². The van der Waals surface area contributed by atoms with E-state index in [1.165, 1.54) is 6.07 Å². The summed E-state index contributed by atoms with van der Waals surface area (Å²) in [5.41, 5.74) is -0.615. The fourth-order valence-corrected chi connectivity index (χ4v) is 5.62. The summed E-state index contributed by atoms with van der Waals surface area (Å²) in [6.45, 7) is 0.0617. The summed E-state index contributed by atoms with van der Waals surface area (Å²) in [7, 11) is -8.15. The highest BCUT2D eigenvalue weighted by Crippen LogP contribution is 2.33. The van der Waals surface area contributed by atoms with E-state index in [0.717, 1.165) is 16.4 Å². The van der Waals surface area contributed by atoms with E-state index < -0.39 is 47.3 Å². The first-order valence-electron chi connectivity index (χ1n) is 6.48. The van der Waals surface area contributed by atoms with Gasteiger partial charge in [0.25, 0.3) is 5.69 Å². The number of nitro groups is 1. The number of nitrogens with two attached hydrogens (primary N) is 1. The predicted octanol–water partition coefficient (Wildman–Crippen LogP) is 0.690. The molecule has 0 unspecified atom stereocenters. The number of halogens is 1. The molecular weight excluding hydrogens is 370 g/mol. The van der Waals surface area contributed by atoms with Crippen molar-refractivity contribution in [3.8, 4) is 0 Å². The van der Waals surface area contributed by atoms with Gasteiger partial charge in [-0.1, -0.05) is 11.6 Å². The van der Waals surface area contributed by atoms with Crippen LogP contribution in [-0.4, -0.2) is 44.4 Å². The van der Waals surface area contributed by atoms with Crippen LogP contribution in [0.1, 0.15) is 12.8 Å². The summed E-state index contributed by atoms with van der Waals surface area (Å²) in [4.78, 5) is 9.68. The van der Waals surface area contributed by atoms with Gasteiger partial charge in [0.2, 0.25) is 20.0 Å². The van der Waals surface area contributed by atoms with E-state index in [1.54, 1.807) is 0 Å². The van der Waals surface area contributed by atoms with Gasteiger partial charge in [-0.15, -0.1) is 0 Å². The Morgan fingerprint density at radius 2 is 2.00 bits per heavy atom. The Hall–Kier alpha value is -1.27. The second-order valence-corrected chi connectivity index (χ2v) is 9.06. The molecule has 0 aliphatic carbocycles. The average molecular weight is 384 g/mol. The lowest BCUT2D eigenvalue weighted by Gasteiger charge is -2.23. The van der Waals surface area contributed by atoms with Crippen molar-refractivity contribution in [1.82, 2.24) is 4.31 Å². The maximum absolute atomic E-state index is 12.7. The highest BCUT2D eigenvalue weighted by Gasteiger charge is 2.40. The van der Waals surface area contributed by atoms with E-state index in [4.69, 9.17) is 16.7 Å². The van der Waals surface area contributed by atoms with Crippen LogP contribution in [0.2, 0.25) is 5.02 Å². The molecule has 128 valence electrons. The lowest BCUT2D eigenvalue weighted by Crippen LogP contribution is -2.41. The first-order valence-corrected chi connectivity index (χ1v) is 10.0. The van der Waals surface area contributed by atoms with Crippen LogP contribution in [-0.2, 0) is 20.0 Å². The molecule has 0 aromatic heterocycles. The van der Waals surface area contributed by atoms with Gasteiger partial charge in [-0.05, 0) is 25.0 Å². The molecule has 1 aliphatic heterocycles. The maximum Gasteiger partial charge on any atom is 0.289 e. The largest absolute Gasteiger partial charge is 0.289 e. The van der Waals surface area contributed by atoms with Gasteiger partial charge in [0.05, 0.1) is 10.7 Å². The van der Waals surface area contributed by atoms with Gasteiger partial charge in [0.1, 0.15) is 0 Å². The van der Waals surface area contributed by atoms with Gasteiger partial charge >= 0.3 is 0 Å². The topological polar surface area (TPSA) is 141 Å². The molecule has 0 amide bonds. The third-order valence-electron chi connectivity index (χ3n) is 3.45. The number of hydrogen-bond acceptors (Lipinski definition) is 6. The first-order chi connectivity index (χ1) is 10.5. The van der Waals surface area contributed by atoms with Crippen LogP contribution < -0.4 is 5.14 Å². The first kappa shape index (κ1) is 18.1. The van der Waals surface area contributed by atoms with Crippen LogP contribution in [0.25, 0.3) is 0 Å². The second kappa shape index (κ2) is 6.32. The molecule has 1 aliphatic rings. The summed E-state index contributed by atoms with van der Waals surface area (Å²) < 4.78 is 48.9. The highest BCUT2D eigenvalue weighted by molar-refractivity contribution is 7.90. The Kier molecular flexibility index (Phi) is 4.97. The van der Waals surface area contributed by atoms with E-state index in [2.05, 4.69) is 0 Å². The number of nitrogens with zero attached hydrogens (tertiary/aromatic N) is 2. The average Bonchev–Trinajstić information content (AvgIpc) is 2.84. The molecule has 1 fully saturated rings. The third-order valence-corrected chi connectivity index (χ3v) is 6.52. The minimum Gasteiger partial charge on any atom is -0.258 e. The molecule has 0 radical (unpaired) electrons. The summed E-state index contributed by atoms with van der Waals surface area (Å²) >= 11 is 5.76. The molecule has 2 N–H and O–H groups in total. The molecule has 0 spiro atoms. The Balaban J connectivity index is 2.50. The summed E-state index contributed by atoms with van der Waals surface area (Å²) in [5.74, 6) is -0.541. The van der Waals surface area contributed by atoms with E-state index in [0.29, 0.717) is 12.8 Å². The fraction of sp³-hybridized carbons (Fsp3) is 0.455. The van der Waals surface area contributed by atoms with Crippen molar-refractivity contribution in [3.05, 3.63) is 33.3 Å². The Morgan fingerprint density at radius 3 is 2.57 bits per heavy atom. The fourth-order valence-electron chi connectivity index (χ4n) is 2.53. The minimum atomic E-state index is -4.27. The standard InChI is InChI=1S/C11H14ClN3O6S2/c12-8-3-4-10(15(16)17)11(6-8)23(20,21)14-5-1-2-9(14)7-22(13,18)19/h3-4,6,9H,1-2,5,7H2,(H2,13,18,19)/t9-/m1/s1. The van der Waals surface area contributed by atoms with Crippen molar-refractivity contribution in [3.63, 3.8) is 0 Å². The predicted molar refractivity (Wildman–Crippen MR) is 83.0 cm³/mol. The molecule has 0 bridgehead atoms. The SMILES string of the molecule is NS(=O)(=O)C[C@H]1CCCN1S(=O)(=O)c1cc(Cl)ccc1[N+](=O)[O-]. The number of primary sulfonamides is 1. The van der Waals surface area contributed by atoms with Crippen molar-refractivity contribution >= 4 is 37.3 Å². The highest BCUT2D eigenvalue weighted by atomic mass is 35.5. The molecule has 1 aromatic rings. The monoisotopic (exact) mass is 383 g/mol. The van der Waals surface area contributed by atoms with Crippen molar-refractivity contribution in [2.24, 2.45) is 5.14 Å². The zero-order chi connectivity index (χ0) is 17.4. The zero-order valence-corrected chi connectivity index (χ0v) is 14.1. The van der Waals surface area contributed by atoms with Crippen molar-refractivity contribution in [2.45, 2.75) is 23.8 Å². The second-order valence-electron chi connectivity index (χ2n) is 5.11. The Labute approximate surface area is 138 Å². The van der Waals surface area contributed by atoms with Gasteiger partial charge < -0.3 is 0 Å². The molecule has 1 aromatic carbocycles. The maximum atomic E-state index is 12.7. The molecule has 12 heteroatoms. The normalized spacial score (nSPS) is 19.8. The summed E-state index contributed by atoms with van der Waals surface area (Å²) in [6.07, 6.45) is 0.748. The summed E-state index contributed by atoms with van der Waals surface area (Å²) in [6, 6.07) is 2.35. The van der Waals surface area contributed by atoms with Crippen LogP contribution in [0, 0.1) is 10.1 Å². The van der Waals surface area contributed by atoms with Crippen LogP contribution >= 0.6 is 11.6 Å². The Bertz CT molecular complexity index is 839. The zero-order valence-electron chi connectivity index (χ0n) is 11.8. The molecule has 0 saturated carbocycles. The van der Waals surface area contributed by atoms with E-state index in [9.17, 15) is 26.9 Å². The number of nitro benzene ring substituents is 1. The number of sulfonamides is 2. The lowest BCUT2D eigenvalue weighted by atomic mass is 10.3. The Morgan fingerprint density at radius 1 is 1.35 bits per heavy atom. The number of hydrogen-bond donors (Lipinski definition) is 1. The van der Waals surface area contributed by atoms with Crippen LogP contribution in [0.5, 0.6) is 0 Å². The molecule has 23 heavy (non-hydrogen) atoms. The van der Waals surface area contributed by atoms with Crippen LogP contribution in [0.4, 0.5) is 5.69 Å². The van der Waals surface area contributed by atoms with E-state index in [1.807, 2.05) is 0 Å².